The van der Waals surface area contributed by atoms with Crippen molar-refractivity contribution in [3.05, 3.63) is 61.5 Å². The fourth-order valence-corrected chi connectivity index (χ4v) is 4.51. The van der Waals surface area contributed by atoms with Crippen molar-refractivity contribution in [3.63, 3.8) is 0 Å². The highest BCUT2D eigenvalue weighted by atomic mass is 35.5. The summed E-state index contributed by atoms with van der Waals surface area (Å²) in [5, 5.41) is 0.351. The molecule has 1 fully saturated rings. The molecule has 0 spiro atoms. The highest BCUT2D eigenvalue weighted by molar-refractivity contribution is 6.35. The van der Waals surface area contributed by atoms with E-state index in [9.17, 15) is 9.59 Å². The number of fused-ring (bicyclic) bond motifs is 1. The van der Waals surface area contributed by atoms with E-state index < -0.39 is 0 Å². The van der Waals surface area contributed by atoms with Crippen LogP contribution in [0.3, 0.4) is 0 Å². The minimum absolute atomic E-state index is 0.151. The molecule has 2 aliphatic heterocycles. The number of nitrogens with one attached hydrogen (secondary N) is 1. The molecule has 0 bridgehead atoms. The van der Waals surface area contributed by atoms with Gasteiger partial charge >= 0.3 is 0 Å². The van der Waals surface area contributed by atoms with Crippen molar-refractivity contribution in [2.24, 2.45) is 0 Å². The van der Waals surface area contributed by atoms with Gasteiger partial charge in [0.2, 0.25) is 0 Å². The van der Waals surface area contributed by atoms with Gasteiger partial charge in [-0.1, -0.05) is 17.7 Å². The highest BCUT2D eigenvalue weighted by Crippen LogP contribution is 2.34. The van der Waals surface area contributed by atoms with Crippen LogP contribution in [-0.4, -0.2) is 66.7 Å². The first-order chi connectivity index (χ1) is 14.9. The minimum Gasteiger partial charge on any atom is -0.491 e. The lowest BCUT2D eigenvalue weighted by Gasteiger charge is -2.30. The van der Waals surface area contributed by atoms with E-state index in [0.717, 1.165) is 49.7 Å². The standard InChI is InChI=1S/C23H28ClN3O4/c1-15-13-16(2)25-22(28)18(15)14-27-6-5-17-3-4-19(21(24)20(17)23(27)29)31-12-9-26-7-10-30-11-8-26/h3-4,13H,5-12,14H2,1-2H3,(H,25,28). The van der Waals surface area contributed by atoms with Gasteiger partial charge in [-0.05, 0) is 43.5 Å². The highest BCUT2D eigenvalue weighted by Gasteiger charge is 2.29. The van der Waals surface area contributed by atoms with Crippen molar-refractivity contribution >= 4 is 17.5 Å². The Kier molecular flexibility index (Phi) is 6.65. The molecule has 0 aliphatic carbocycles. The number of benzene rings is 1. The third-order valence-electron chi connectivity index (χ3n) is 5.96. The number of carbonyl (C=O) groups is 1. The van der Waals surface area contributed by atoms with Crippen LogP contribution in [0, 0.1) is 13.8 Å². The molecular weight excluding hydrogens is 418 g/mol. The average Bonchev–Trinajstić information content (AvgIpc) is 2.74. The van der Waals surface area contributed by atoms with Gasteiger partial charge in [0, 0.05) is 37.4 Å². The van der Waals surface area contributed by atoms with Gasteiger partial charge in [0.15, 0.2) is 0 Å². The lowest BCUT2D eigenvalue weighted by Crippen LogP contribution is -2.39. The molecular formula is C23H28ClN3O4. The summed E-state index contributed by atoms with van der Waals surface area (Å²) < 4.78 is 11.3. The molecule has 0 saturated carbocycles. The summed E-state index contributed by atoms with van der Waals surface area (Å²) in [5.41, 5.74) is 3.55. The Bertz CT molecular complexity index is 1030. The Labute approximate surface area is 186 Å². The molecule has 1 aromatic heterocycles. The SMILES string of the molecule is Cc1cc(C)c(CN2CCc3ccc(OCCN4CCOCC4)c(Cl)c3C2=O)c(=O)[nH]1. The summed E-state index contributed by atoms with van der Waals surface area (Å²) in [5.74, 6) is 0.359. The largest absolute Gasteiger partial charge is 0.491 e. The van der Waals surface area contributed by atoms with Crippen LogP contribution in [0.25, 0.3) is 0 Å². The van der Waals surface area contributed by atoms with Gasteiger partial charge in [-0.15, -0.1) is 0 Å². The zero-order valence-electron chi connectivity index (χ0n) is 18.0. The number of carbonyl (C=O) groups excluding carboxylic acids is 1. The molecule has 166 valence electrons. The fourth-order valence-electron chi connectivity index (χ4n) is 4.19. The second kappa shape index (κ2) is 9.42. The number of aromatic nitrogens is 1. The molecule has 1 saturated heterocycles. The van der Waals surface area contributed by atoms with Crippen molar-refractivity contribution in [1.29, 1.82) is 0 Å². The summed E-state index contributed by atoms with van der Waals surface area (Å²) >= 11 is 6.62. The normalized spacial score (nSPS) is 17.0. The van der Waals surface area contributed by atoms with Crippen molar-refractivity contribution in [1.82, 2.24) is 14.8 Å². The van der Waals surface area contributed by atoms with Gasteiger partial charge in [0.05, 0.1) is 30.3 Å². The fraction of sp³-hybridized carbons (Fsp3) is 0.478. The molecule has 0 unspecified atom stereocenters. The van der Waals surface area contributed by atoms with E-state index in [4.69, 9.17) is 21.1 Å². The maximum absolute atomic E-state index is 13.3. The monoisotopic (exact) mass is 445 g/mol. The van der Waals surface area contributed by atoms with Crippen molar-refractivity contribution in [2.45, 2.75) is 26.8 Å². The lowest BCUT2D eigenvalue weighted by molar-refractivity contribution is 0.0322. The third kappa shape index (κ3) is 4.79. The predicted molar refractivity (Wildman–Crippen MR) is 119 cm³/mol. The molecule has 2 aliphatic rings. The summed E-state index contributed by atoms with van der Waals surface area (Å²) in [4.78, 5) is 32.5. The zero-order valence-corrected chi connectivity index (χ0v) is 18.8. The van der Waals surface area contributed by atoms with Crippen LogP contribution in [0.1, 0.15) is 32.7 Å². The number of nitrogens with zero attached hydrogens (tertiary/aromatic N) is 2. The molecule has 3 heterocycles. The summed E-state index contributed by atoms with van der Waals surface area (Å²) in [7, 11) is 0. The van der Waals surface area contributed by atoms with Gasteiger partial charge in [0.1, 0.15) is 12.4 Å². The first kappa shape index (κ1) is 21.9. The third-order valence-corrected chi connectivity index (χ3v) is 6.33. The first-order valence-corrected chi connectivity index (χ1v) is 11.0. The van der Waals surface area contributed by atoms with Crippen molar-refractivity contribution in [2.75, 3.05) is 46.0 Å². The van der Waals surface area contributed by atoms with E-state index >= 15 is 0 Å². The Morgan fingerprint density at radius 1 is 1.16 bits per heavy atom. The summed E-state index contributed by atoms with van der Waals surface area (Å²) in [6, 6.07) is 5.69. The van der Waals surface area contributed by atoms with Crippen LogP contribution in [0.4, 0.5) is 0 Å². The van der Waals surface area contributed by atoms with Gasteiger partial charge < -0.3 is 19.4 Å². The first-order valence-electron chi connectivity index (χ1n) is 10.7. The molecule has 1 aromatic carbocycles. The van der Waals surface area contributed by atoms with Gasteiger partial charge in [-0.3, -0.25) is 14.5 Å². The molecule has 1 N–H and O–H groups in total. The van der Waals surface area contributed by atoms with Crippen LogP contribution in [0.2, 0.25) is 5.02 Å². The molecule has 1 amide bonds. The number of amides is 1. The van der Waals surface area contributed by atoms with E-state index in [-0.39, 0.29) is 18.0 Å². The Balaban J connectivity index is 1.48. The van der Waals surface area contributed by atoms with Gasteiger partial charge in [-0.2, -0.15) is 0 Å². The molecule has 31 heavy (non-hydrogen) atoms. The van der Waals surface area contributed by atoms with Crippen LogP contribution in [0.15, 0.2) is 23.0 Å². The lowest BCUT2D eigenvalue weighted by atomic mass is 9.97. The maximum Gasteiger partial charge on any atom is 0.256 e. The smallest absolute Gasteiger partial charge is 0.256 e. The minimum atomic E-state index is -0.163. The molecule has 2 aromatic rings. The quantitative estimate of drug-likeness (QED) is 0.739. The van der Waals surface area contributed by atoms with Crippen LogP contribution in [-0.2, 0) is 17.7 Å². The summed E-state index contributed by atoms with van der Waals surface area (Å²) in [6.07, 6.45) is 0.692. The van der Waals surface area contributed by atoms with Crippen molar-refractivity contribution in [3.8, 4) is 5.75 Å². The maximum atomic E-state index is 13.3. The summed E-state index contributed by atoms with van der Waals surface area (Å²) in [6.45, 7) is 9.11. The zero-order chi connectivity index (χ0) is 22.0. The van der Waals surface area contributed by atoms with E-state index in [1.165, 1.54) is 0 Å². The second-order valence-corrected chi connectivity index (χ2v) is 8.51. The Morgan fingerprint density at radius 2 is 1.94 bits per heavy atom. The number of halogens is 1. The molecule has 4 rings (SSSR count). The Hall–Kier alpha value is -2.35. The number of rotatable bonds is 6. The number of hydrogen-bond donors (Lipinski definition) is 1. The van der Waals surface area contributed by atoms with Crippen LogP contribution in [0.5, 0.6) is 5.75 Å². The van der Waals surface area contributed by atoms with E-state index in [1.807, 2.05) is 32.0 Å². The number of H-pyrrole nitrogens is 1. The number of aryl methyl sites for hydroxylation is 2. The predicted octanol–water partition coefficient (Wildman–Crippen LogP) is 2.55. The van der Waals surface area contributed by atoms with E-state index in [1.54, 1.807) is 4.90 Å². The molecule has 8 heteroatoms. The van der Waals surface area contributed by atoms with Crippen molar-refractivity contribution < 1.29 is 14.3 Å². The van der Waals surface area contributed by atoms with Crippen LogP contribution >= 0.6 is 11.6 Å². The number of hydrogen-bond acceptors (Lipinski definition) is 5. The molecule has 0 atom stereocenters. The molecule has 7 nitrogen and oxygen atoms in total. The number of ether oxygens (including phenoxy) is 2. The number of morpholine rings is 1. The van der Waals surface area contributed by atoms with E-state index in [0.29, 0.717) is 41.5 Å². The second-order valence-electron chi connectivity index (χ2n) is 8.13. The topological polar surface area (TPSA) is 74.9 Å². The number of pyridine rings is 1. The van der Waals surface area contributed by atoms with E-state index in [2.05, 4.69) is 9.88 Å². The van der Waals surface area contributed by atoms with Gasteiger partial charge in [0.25, 0.3) is 11.5 Å². The van der Waals surface area contributed by atoms with Crippen LogP contribution < -0.4 is 10.3 Å². The Morgan fingerprint density at radius 3 is 2.68 bits per heavy atom. The number of aromatic amines is 1. The molecule has 0 radical (unpaired) electrons. The van der Waals surface area contributed by atoms with Gasteiger partial charge in [-0.25, -0.2) is 0 Å². The average molecular weight is 446 g/mol.